The summed E-state index contributed by atoms with van der Waals surface area (Å²) in [5.74, 6) is 4.61. The molecule has 0 spiro atoms. The molecule has 3 heteroatoms. The van der Waals surface area contributed by atoms with E-state index in [1.807, 2.05) is 6.07 Å². The zero-order valence-electron chi connectivity index (χ0n) is 8.58. The molecule has 2 rings (SSSR count). The quantitative estimate of drug-likeness (QED) is 0.828. The third-order valence-electron chi connectivity index (χ3n) is 2.71. The Kier molecular flexibility index (Phi) is 3.54. The standard InChI is InChI=1S/C11H17NOS/c1-9-2-4-13-11(9)7-12-6-10-3-5-14-8-10/h2,4,10,12H,3,5-8H2,1H3. The summed E-state index contributed by atoms with van der Waals surface area (Å²) >= 11 is 2.07. The van der Waals surface area contributed by atoms with Crippen LogP contribution in [-0.4, -0.2) is 18.1 Å². The van der Waals surface area contributed by atoms with E-state index in [1.165, 1.54) is 23.5 Å². The monoisotopic (exact) mass is 211 g/mol. The lowest BCUT2D eigenvalue weighted by Gasteiger charge is -2.08. The molecule has 78 valence electrons. The fourth-order valence-corrected chi connectivity index (χ4v) is 3.00. The fraction of sp³-hybridized carbons (Fsp3) is 0.636. The lowest BCUT2D eigenvalue weighted by atomic mass is 10.1. The molecule has 2 heterocycles. The predicted octanol–water partition coefficient (Wildman–Crippen LogP) is 2.43. The third kappa shape index (κ3) is 2.55. The van der Waals surface area contributed by atoms with Crippen LogP contribution >= 0.6 is 11.8 Å². The van der Waals surface area contributed by atoms with Crippen LogP contribution in [0.4, 0.5) is 0 Å². The first kappa shape index (κ1) is 10.1. The summed E-state index contributed by atoms with van der Waals surface area (Å²) < 4.78 is 5.36. The van der Waals surface area contributed by atoms with E-state index in [-0.39, 0.29) is 0 Å². The summed E-state index contributed by atoms with van der Waals surface area (Å²) in [5.41, 5.74) is 1.25. The van der Waals surface area contributed by atoms with E-state index in [0.717, 1.165) is 24.8 Å². The molecule has 1 aliphatic heterocycles. The van der Waals surface area contributed by atoms with Gasteiger partial charge in [-0.2, -0.15) is 11.8 Å². The normalized spacial score (nSPS) is 21.6. The van der Waals surface area contributed by atoms with Gasteiger partial charge in [-0.05, 0) is 48.9 Å². The van der Waals surface area contributed by atoms with Crippen molar-refractivity contribution in [3.8, 4) is 0 Å². The number of hydrogen-bond acceptors (Lipinski definition) is 3. The number of hydrogen-bond donors (Lipinski definition) is 1. The second-order valence-corrected chi connectivity index (χ2v) is 5.04. The highest BCUT2D eigenvalue weighted by molar-refractivity contribution is 7.99. The highest BCUT2D eigenvalue weighted by atomic mass is 32.2. The van der Waals surface area contributed by atoms with Gasteiger partial charge < -0.3 is 9.73 Å². The first-order chi connectivity index (χ1) is 6.86. The number of thioether (sulfide) groups is 1. The van der Waals surface area contributed by atoms with Crippen molar-refractivity contribution in [1.82, 2.24) is 5.32 Å². The maximum atomic E-state index is 5.36. The molecule has 1 aromatic rings. The molecule has 0 radical (unpaired) electrons. The number of furan rings is 1. The van der Waals surface area contributed by atoms with Crippen molar-refractivity contribution in [2.75, 3.05) is 18.1 Å². The number of aryl methyl sites for hydroxylation is 1. The van der Waals surface area contributed by atoms with Gasteiger partial charge in [0.25, 0.3) is 0 Å². The van der Waals surface area contributed by atoms with Crippen LogP contribution in [-0.2, 0) is 6.54 Å². The maximum Gasteiger partial charge on any atom is 0.120 e. The number of nitrogens with one attached hydrogen (secondary N) is 1. The first-order valence-electron chi connectivity index (χ1n) is 5.17. The highest BCUT2D eigenvalue weighted by Crippen LogP contribution is 2.22. The molecule has 1 fully saturated rings. The topological polar surface area (TPSA) is 25.2 Å². The summed E-state index contributed by atoms with van der Waals surface area (Å²) in [6.07, 6.45) is 3.13. The van der Waals surface area contributed by atoms with Gasteiger partial charge >= 0.3 is 0 Å². The van der Waals surface area contributed by atoms with Crippen LogP contribution in [0, 0.1) is 12.8 Å². The van der Waals surface area contributed by atoms with Gasteiger partial charge in [-0.25, -0.2) is 0 Å². The zero-order valence-corrected chi connectivity index (χ0v) is 9.40. The van der Waals surface area contributed by atoms with Crippen molar-refractivity contribution in [3.05, 3.63) is 23.7 Å². The summed E-state index contributed by atoms with van der Waals surface area (Å²) in [7, 11) is 0. The van der Waals surface area contributed by atoms with Crippen LogP contribution in [0.5, 0.6) is 0 Å². The Bertz CT molecular complexity index is 279. The van der Waals surface area contributed by atoms with Crippen LogP contribution < -0.4 is 5.32 Å². The summed E-state index contributed by atoms with van der Waals surface area (Å²) in [6.45, 7) is 4.10. The SMILES string of the molecule is Cc1ccoc1CNCC1CCSC1. The Morgan fingerprint density at radius 2 is 2.57 bits per heavy atom. The highest BCUT2D eigenvalue weighted by Gasteiger charge is 2.14. The summed E-state index contributed by atoms with van der Waals surface area (Å²) in [4.78, 5) is 0. The molecule has 0 aliphatic carbocycles. The van der Waals surface area contributed by atoms with Crippen molar-refractivity contribution in [2.45, 2.75) is 19.9 Å². The maximum absolute atomic E-state index is 5.36. The molecule has 1 aliphatic rings. The molecule has 0 aromatic carbocycles. The average molecular weight is 211 g/mol. The molecule has 0 saturated carbocycles. The third-order valence-corrected chi connectivity index (χ3v) is 3.94. The van der Waals surface area contributed by atoms with Crippen molar-refractivity contribution < 1.29 is 4.42 Å². The van der Waals surface area contributed by atoms with E-state index >= 15 is 0 Å². The van der Waals surface area contributed by atoms with Gasteiger partial charge in [0.2, 0.25) is 0 Å². The van der Waals surface area contributed by atoms with Gasteiger partial charge in [0.1, 0.15) is 5.76 Å². The molecule has 0 bridgehead atoms. The minimum absolute atomic E-state index is 0.871. The van der Waals surface area contributed by atoms with Crippen molar-refractivity contribution in [3.63, 3.8) is 0 Å². The molecule has 0 amide bonds. The van der Waals surface area contributed by atoms with E-state index in [1.54, 1.807) is 6.26 Å². The molecular formula is C11H17NOS. The lowest BCUT2D eigenvalue weighted by Crippen LogP contribution is -2.22. The van der Waals surface area contributed by atoms with Gasteiger partial charge in [0.05, 0.1) is 12.8 Å². The van der Waals surface area contributed by atoms with Crippen molar-refractivity contribution >= 4 is 11.8 Å². The Labute approximate surface area is 89.4 Å². The molecule has 2 nitrogen and oxygen atoms in total. The van der Waals surface area contributed by atoms with Crippen LogP contribution in [0.2, 0.25) is 0 Å². The fourth-order valence-electron chi connectivity index (χ4n) is 1.72. The Hall–Kier alpha value is -0.410. The van der Waals surface area contributed by atoms with E-state index < -0.39 is 0 Å². The smallest absolute Gasteiger partial charge is 0.120 e. The van der Waals surface area contributed by atoms with Crippen LogP contribution in [0.25, 0.3) is 0 Å². The Morgan fingerprint density at radius 1 is 1.64 bits per heavy atom. The van der Waals surface area contributed by atoms with E-state index in [0.29, 0.717) is 0 Å². The summed E-state index contributed by atoms with van der Waals surface area (Å²) in [5, 5.41) is 3.46. The average Bonchev–Trinajstić information content (AvgIpc) is 2.78. The van der Waals surface area contributed by atoms with Gasteiger partial charge in [-0.15, -0.1) is 0 Å². The van der Waals surface area contributed by atoms with Crippen molar-refractivity contribution in [2.24, 2.45) is 5.92 Å². The molecule has 1 unspecified atom stereocenters. The van der Waals surface area contributed by atoms with Crippen LogP contribution in [0.1, 0.15) is 17.7 Å². The largest absolute Gasteiger partial charge is 0.468 e. The first-order valence-corrected chi connectivity index (χ1v) is 6.33. The lowest BCUT2D eigenvalue weighted by molar-refractivity contribution is 0.455. The van der Waals surface area contributed by atoms with Crippen LogP contribution in [0.15, 0.2) is 16.7 Å². The minimum Gasteiger partial charge on any atom is -0.468 e. The summed E-state index contributed by atoms with van der Waals surface area (Å²) in [6, 6.07) is 2.02. The molecule has 14 heavy (non-hydrogen) atoms. The predicted molar refractivity (Wildman–Crippen MR) is 60.6 cm³/mol. The Balaban J connectivity index is 1.70. The van der Waals surface area contributed by atoms with E-state index in [2.05, 4.69) is 24.0 Å². The number of rotatable bonds is 4. The molecule has 1 aromatic heterocycles. The molecule has 1 N–H and O–H groups in total. The van der Waals surface area contributed by atoms with Gasteiger partial charge in [-0.1, -0.05) is 0 Å². The van der Waals surface area contributed by atoms with Crippen molar-refractivity contribution in [1.29, 1.82) is 0 Å². The molecular weight excluding hydrogens is 194 g/mol. The van der Waals surface area contributed by atoms with Gasteiger partial charge in [0, 0.05) is 0 Å². The van der Waals surface area contributed by atoms with Gasteiger partial charge in [0.15, 0.2) is 0 Å². The van der Waals surface area contributed by atoms with E-state index in [9.17, 15) is 0 Å². The zero-order chi connectivity index (χ0) is 9.80. The molecule has 1 atom stereocenters. The Morgan fingerprint density at radius 3 is 3.21 bits per heavy atom. The second kappa shape index (κ2) is 4.89. The second-order valence-electron chi connectivity index (χ2n) is 3.89. The van der Waals surface area contributed by atoms with E-state index in [4.69, 9.17) is 4.42 Å². The van der Waals surface area contributed by atoms with Crippen LogP contribution in [0.3, 0.4) is 0 Å². The van der Waals surface area contributed by atoms with Gasteiger partial charge in [-0.3, -0.25) is 0 Å². The minimum atomic E-state index is 0.871. The molecule has 1 saturated heterocycles.